The van der Waals surface area contributed by atoms with E-state index in [4.69, 9.17) is 0 Å². The summed E-state index contributed by atoms with van der Waals surface area (Å²) in [5, 5.41) is 14.4. The first-order valence-electron chi connectivity index (χ1n) is 6.72. The molecule has 1 aromatic heterocycles. The second kappa shape index (κ2) is 5.91. The van der Waals surface area contributed by atoms with Crippen LogP contribution in [0, 0.1) is 0 Å². The SMILES string of the molecule is CNCCCc1nnc(C2(C)CCCCC2)s1. The van der Waals surface area contributed by atoms with Gasteiger partial charge in [0, 0.05) is 11.8 Å². The van der Waals surface area contributed by atoms with Gasteiger partial charge in [-0.25, -0.2) is 0 Å². The van der Waals surface area contributed by atoms with Crippen molar-refractivity contribution < 1.29 is 0 Å². The van der Waals surface area contributed by atoms with Crippen molar-refractivity contribution in [1.29, 1.82) is 0 Å². The lowest BCUT2D eigenvalue weighted by atomic mass is 9.76. The molecule has 0 spiro atoms. The van der Waals surface area contributed by atoms with Gasteiger partial charge in [0.05, 0.1) is 0 Å². The normalized spacial score (nSPS) is 19.4. The summed E-state index contributed by atoms with van der Waals surface area (Å²) >= 11 is 1.84. The highest BCUT2D eigenvalue weighted by molar-refractivity contribution is 7.11. The highest BCUT2D eigenvalue weighted by Crippen LogP contribution is 2.40. The molecule has 0 aromatic carbocycles. The summed E-state index contributed by atoms with van der Waals surface area (Å²) in [6.45, 7) is 3.43. The van der Waals surface area contributed by atoms with Crippen LogP contribution in [0.15, 0.2) is 0 Å². The predicted octanol–water partition coefficient (Wildman–Crippen LogP) is 2.91. The van der Waals surface area contributed by atoms with Gasteiger partial charge in [-0.1, -0.05) is 26.2 Å². The molecule has 1 aliphatic carbocycles. The van der Waals surface area contributed by atoms with Gasteiger partial charge in [0.15, 0.2) is 0 Å². The number of aromatic nitrogens is 2. The molecule has 0 aliphatic heterocycles. The third-order valence-corrected chi connectivity index (χ3v) is 5.05. The van der Waals surface area contributed by atoms with E-state index in [1.807, 2.05) is 18.4 Å². The molecule has 0 bridgehead atoms. The van der Waals surface area contributed by atoms with Crippen LogP contribution in [0.5, 0.6) is 0 Å². The Morgan fingerprint density at radius 1 is 1.24 bits per heavy atom. The predicted molar refractivity (Wildman–Crippen MR) is 72.6 cm³/mol. The summed E-state index contributed by atoms with van der Waals surface area (Å²) < 4.78 is 0. The molecular weight excluding hydrogens is 230 g/mol. The van der Waals surface area contributed by atoms with E-state index in [0.717, 1.165) is 19.4 Å². The van der Waals surface area contributed by atoms with E-state index in [-0.39, 0.29) is 0 Å². The zero-order valence-corrected chi connectivity index (χ0v) is 11.8. The van der Waals surface area contributed by atoms with E-state index in [1.54, 1.807) is 0 Å². The first kappa shape index (κ1) is 13.0. The Morgan fingerprint density at radius 3 is 2.71 bits per heavy atom. The number of aryl methyl sites for hydroxylation is 1. The lowest BCUT2D eigenvalue weighted by Crippen LogP contribution is -2.24. The number of rotatable bonds is 5. The van der Waals surface area contributed by atoms with Crippen molar-refractivity contribution in [3.8, 4) is 0 Å². The van der Waals surface area contributed by atoms with Crippen molar-refractivity contribution in [2.75, 3.05) is 13.6 Å². The third kappa shape index (κ3) is 3.26. The van der Waals surface area contributed by atoms with Gasteiger partial charge in [0.1, 0.15) is 10.0 Å². The lowest BCUT2D eigenvalue weighted by Gasteiger charge is -2.30. The smallest absolute Gasteiger partial charge is 0.123 e. The van der Waals surface area contributed by atoms with E-state index in [2.05, 4.69) is 22.4 Å². The molecule has 1 saturated carbocycles. The average Bonchev–Trinajstić information content (AvgIpc) is 2.80. The van der Waals surface area contributed by atoms with Crippen LogP contribution in [0.1, 0.15) is 55.5 Å². The molecule has 0 atom stereocenters. The van der Waals surface area contributed by atoms with Crippen molar-refractivity contribution in [2.24, 2.45) is 0 Å². The molecule has 1 aromatic rings. The van der Waals surface area contributed by atoms with Crippen LogP contribution < -0.4 is 5.32 Å². The molecule has 0 saturated heterocycles. The molecule has 1 N–H and O–H groups in total. The van der Waals surface area contributed by atoms with Crippen LogP contribution in [-0.2, 0) is 11.8 Å². The van der Waals surface area contributed by atoms with Crippen molar-refractivity contribution in [3.63, 3.8) is 0 Å². The van der Waals surface area contributed by atoms with E-state index in [0.29, 0.717) is 5.41 Å². The largest absolute Gasteiger partial charge is 0.320 e. The molecular formula is C13H23N3S. The maximum absolute atomic E-state index is 4.44. The maximum Gasteiger partial charge on any atom is 0.123 e. The minimum Gasteiger partial charge on any atom is -0.320 e. The molecule has 17 heavy (non-hydrogen) atoms. The summed E-state index contributed by atoms with van der Waals surface area (Å²) in [7, 11) is 1.99. The van der Waals surface area contributed by atoms with Gasteiger partial charge in [-0.2, -0.15) is 0 Å². The number of hydrogen-bond donors (Lipinski definition) is 1. The molecule has 0 radical (unpaired) electrons. The highest BCUT2D eigenvalue weighted by Gasteiger charge is 2.32. The Bertz CT molecular complexity index is 342. The average molecular weight is 253 g/mol. The van der Waals surface area contributed by atoms with Gasteiger partial charge >= 0.3 is 0 Å². The zero-order chi connectivity index (χ0) is 12.1. The number of hydrogen-bond acceptors (Lipinski definition) is 4. The second-order valence-corrected chi connectivity index (χ2v) is 6.39. The molecule has 2 rings (SSSR count). The minimum absolute atomic E-state index is 0.317. The molecule has 3 nitrogen and oxygen atoms in total. The Balaban J connectivity index is 1.96. The van der Waals surface area contributed by atoms with Crippen LogP contribution >= 0.6 is 11.3 Å². The van der Waals surface area contributed by atoms with Gasteiger partial charge in [0.2, 0.25) is 0 Å². The Hall–Kier alpha value is -0.480. The molecule has 1 heterocycles. The van der Waals surface area contributed by atoms with Gasteiger partial charge in [-0.3, -0.25) is 0 Å². The molecule has 1 fully saturated rings. The highest BCUT2D eigenvalue weighted by atomic mass is 32.1. The Labute approximate surface area is 108 Å². The summed E-state index contributed by atoms with van der Waals surface area (Å²) in [5.74, 6) is 0. The van der Waals surface area contributed by atoms with Crippen LogP contribution in [0.4, 0.5) is 0 Å². The number of nitrogens with zero attached hydrogens (tertiary/aromatic N) is 2. The van der Waals surface area contributed by atoms with Gasteiger partial charge in [-0.15, -0.1) is 21.5 Å². The van der Waals surface area contributed by atoms with E-state index < -0.39 is 0 Å². The summed E-state index contributed by atoms with van der Waals surface area (Å²) in [4.78, 5) is 0. The van der Waals surface area contributed by atoms with E-state index >= 15 is 0 Å². The molecule has 1 aliphatic rings. The molecule has 96 valence electrons. The first-order valence-corrected chi connectivity index (χ1v) is 7.54. The Morgan fingerprint density at radius 2 is 2.00 bits per heavy atom. The zero-order valence-electron chi connectivity index (χ0n) is 11.0. The van der Waals surface area contributed by atoms with Crippen LogP contribution in [0.25, 0.3) is 0 Å². The standard InChI is InChI=1S/C13H23N3S/c1-13(8-4-3-5-9-13)12-16-15-11(17-12)7-6-10-14-2/h14H,3-10H2,1-2H3. The first-order chi connectivity index (χ1) is 8.24. The molecule has 0 unspecified atom stereocenters. The summed E-state index contributed by atoms with van der Waals surface area (Å²) in [5.41, 5.74) is 0.317. The topological polar surface area (TPSA) is 37.8 Å². The minimum atomic E-state index is 0.317. The molecule has 4 heteroatoms. The van der Waals surface area contributed by atoms with Gasteiger partial charge in [0.25, 0.3) is 0 Å². The van der Waals surface area contributed by atoms with Crippen LogP contribution in [-0.4, -0.2) is 23.8 Å². The fourth-order valence-electron chi connectivity index (χ4n) is 2.56. The molecule has 0 amide bonds. The van der Waals surface area contributed by atoms with Crippen molar-refractivity contribution >= 4 is 11.3 Å². The quantitative estimate of drug-likeness (QED) is 0.820. The Kier molecular flexibility index (Phi) is 4.51. The van der Waals surface area contributed by atoms with Crippen molar-refractivity contribution in [2.45, 2.75) is 57.3 Å². The number of nitrogens with one attached hydrogen (secondary N) is 1. The van der Waals surface area contributed by atoms with E-state index in [9.17, 15) is 0 Å². The van der Waals surface area contributed by atoms with Crippen molar-refractivity contribution in [3.05, 3.63) is 10.0 Å². The van der Waals surface area contributed by atoms with Crippen molar-refractivity contribution in [1.82, 2.24) is 15.5 Å². The van der Waals surface area contributed by atoms with Gasteiger partial charge in [-0.05, 0) is 32.9 Å². The maximum atomic E-state index is 4.44. The van der Waals surface area contributed by atoms with E-state index in [1.165, 1.54) is 42.1 Å². The van der Waals surface area contributed by atoms with Crippen LogP contribution in [0.2, 0.25) is 0 Å². The summed E-state index contributed by atoms with van der Waals surface area (Å²) in [6, 6.07) is 0. The lowest BCUT2D eigenvalue weighted by molar-refractivity contribution is 0.317. The van der Waals surface area contributed by atoms with Gasteiger partial charge < -0.3 is 5.32 Å². The monoisotopic (exact) mass is 253 g/mol. The second-order valence-electron chi connectivity index (χ2n) is 5.33. The fraction of sp³-hybridized carbons (Fsp3) is 0.846. The summed E-state index contributed by atoms with van der Waals surface area (Å²) in [6.07, 6.45) is 8.90. The fourth-order valence-corrected chi connectivity index (χ4v) is 3.64. The third-order valence-electron chi connectivity index (χ3n) is 3.76. The van der Waals surface area contributed by atoms with Crippen LogP contribution in [0.3, 0.4) is 0 Å².